The Morgan fingerprint density at radius 3 is 2.32 bits per heavy atom. The van der Waals surface area contributed by atoms with Crippen molar-refractivity contribution in [1.29, 1.82) is 0 Å². The molecule has 0 radical (unpaired) electrons. The Balaban J connectivity index is 1.71. The molecule has 3 nitrogen and oxygen atoms in total. The minimum absolute atomic E-state index is 0.635. The van der Waals surface area contributed by atoms with E-state index in [4.69, 9.17) is 10.8 Å². The van der Waals surface area contributed by atoms with Crippen LogP contribution in [0.5, 0.6) is 0 Å². The van der Waals surface area contributed by atoms with Gasteiger partial charge >= 0.3 is 0 Å². The van der Waals surface area contributed by atoms with Crippen LogP contribution in [0.15, 0.2) is 6.20 Å². The Morgan fingerprint density at radius 1 is 1.16 bits per heavy atom. The second-order valence-corrected chi connectivity index (χ2v) is 7.04. The van der Waals surface area contributed by atoms with Crippen molar-refractivity contribution in [2.75, 3.05) is 0 Å². The zero-order chi connectivity index (χ0) is 13.0. The number of aromatic nitrogens is 2. The lowest BCUT2D eigenvalue weighted by Crippen LogP contribution is -2.46. The van der Waals surface area contributed by atoms with Gasteiger partial charge in [0.2, 0.25) is 0 Å². The van der Waals surface area contributed by atoms with Crippen LogP contribution in [0, 0.1) is 23.7 Å². The Hall–Kier alpha value is -0.830. The van der Waals surface area contributed by atoms with Gasteiger partial charge in [0.05, 0.1) is 12.2 Å². The van der Waals surface area contributed by atoms with Gasteiger partial charge in [-0.25, -0.2) is 0 Å². The van der Waals surface area contributed by atoms with E-state index in [2.05, 4.69) is 11.6 Å². The quantitative estimate of drug-likeness (QED) is 0.907. The van der Waals surface area contributed by atoms with Gasteiger partial charge in [0, 0.05) is 17.8 Å². The van der Waals surface area contributed by atoms with Crippen LogP contribution >= 0.6 is 0 Å². The van der Waals surface area contributed by atoms with Crippen molar-refractivity contribution >= 4 is 0 Å². The molecule has 0 spiro atoms. The third kappa shape index (κ3) is 1.70. The summed E-state index contributed by atoms with van der Waals surface area (Å²) < 4.78 is 2.38. The Labute approximate surface area is 115 Å². The smallest absolute Gasteiger partial charge is 0.0579 e. The molecule has 0 aliphatic heterocycles. The highest BCUT2D eigenvalue weighted by Gasteiger charge is 2.49. The Morgan fingerprint density at radius 2 is 1.79 bits per heavy atom. The molecule has 4 bridgehead atoms. The summed E-state index contributed by atoms with van der Waals surface area (Å²) in [6.45, 7) is 2.87. The maximum atomic E-state index is 5.86. The molecule has 0 unspecified atom stereocenters. The highest BCUT2D eigenvalue weighted by Crippen LogP contribution is 2.58. The third-order valence-electron chi connectivity index (χ3n) is 6.00. The van der Waals surface area contributed by atoms with Gasteiger partial charge in [-0.05, 0) is 62.2 Å². The molecular weight excluding hydrogens is 234 g/mol. The Bertz CT molecular complexity index is 448. The molecule has 0 atom stereocenters. The van der Waals surface area contributed by atoms with Crippen LogP contribution in [0.2, 0.25) is 0 Å². The topological polar surface area (TPSA) is 43.8 Å². The summed E-state index contributed by atoms with van der Waals surface area (Å²) in [5, 5.41) is 4.74. The molecule has 3 heteroatoms. The van der Waals surface area contributed by atoms with E-state index in [1.54, 1.807) is 0 Å². The van der Waals surface area contributed by atoms with E-state index in [0.717, 1.165) is 30.1 Å². The summed E-state index contributed by atoms with van der Waals surface area (Å²) >= 11 is 0. The number of hydrogen-bond acceptors (Lipinski definition) is 2. The summed E-state index contributed by atoms with van der Waals surface area (Å²) in [5.74, 6) is 3.86. The molecule has 4 aliphatic rings. The fraction of sp³-hybridized carbons (Fsp3) is 0.812. The first-order valence-electron chi connectivity index (χ1n) is 8.05. The highest BCUT2D eigenvalue weighted by molar-refractivity contribution is 5.19. The van der Waals surface area contributed by atoms with E-state index in [0.29, 0.717) is 12.6 Å². The third-order valence-corrected chi connectivity index (χ3v) is 6.00. The zero-order valence-corrected chi connectivity index (χ0v) is 11.9. The Kier molecular flexibility index (Phi) is 2.73. The van der Waals surface area contributed by atoms with Gasteiger partial charge in [0.15, 0.2) is 0 Å². The van der Waals surface area contributed by atoms with E-state index in [1.807, 2.05) is 6.20 Å². The molecule has 0 saturated heterocycles. The van der Waals surface area contributed by atoms with E-state index in [-0.39, 0.29) is 0 Å². The summed E-state index contributed by atoms with van der Waals surface area (Å²) in [4.78, 5) is 0. The lowest BCUT2D eigenvalue weighted by Gasteiger charge is -2.54. The maximum Gasteiger partial charge on any atom is 0.0579 e. The number of hydrogen-bond donors (Lipinski definition) is 1. The van der Waals surface area contributed by atoms with E-state index in [1.165, 1.54) is 43.4 Å². The summed E-state index contributed by atoms with van der Waals surface area (Å²) in [5.41, 5.74) is 8.52. The zero-order valence-electron chi connectivity index (χ0n) is 11.9. The average molecular weight is 259 g/mol. The SMILES string of the molecule is CCc1c(CN)cnn1C1C2CC3CC(C2)CC1C3. The molecule has 1 heterocycles. The summed E-state index contributed by atoms with van der Waals surface area (Å²) in [7, 11) is 0. The molecule has 104 valence electrons. The van der Waals surface area contributed by atoms with Crippen LogP contribution in [-0.4, -0.2) is 9.78 Å². The van der Waals surface area contributed by atoms with Crippen LogP contribution in [0.25, 0.3) is 0 Å². The maximum absolute atomic E-state index is 5.86. The van der Waals surface area contributed by atoms with Crippen LogP contribution in [0.3, 0.4) is 0 Å². The van der Waals surface area contributed by atoms with Gasteiger partial charge in [-0.15, -0.1) is 0 Å². The summed E-state index contributed by atoms with van der Waals surface area (Å²) in [6.07, 6.45) is 10.4. The lowest BCUT2D eigenvalue weighted by atomic mass is 9.54. The molecule has 4 aliphatic carbocycles. The summed E-state index contributed by atoms with van der Waals surface area (Å²) in [6, 6.07) is 0.683. The number of nitrogens with two attached hydrogens (primary N) is 1. The number of nitrogens with zero attached hydrogens (tertiary/aromatic N) is 2. The predicted molar refractivity (Wildman–Crippen MR) is 75.6 cm³/mol. The first-order chi connectivity index (χ1) is 9.30. The molecule has 1 aromatic heterocycles. The van der Waals surface area contributed by atoms with Crippen LogP contribution in [0.4, 0.5) is 0 Å². The second kappa shape index (κ2) is 4.34. The van der Waals surface area contributed by atoms with Gasteiger partial charge in [-0.1, -0.05) is 6.92 Å². The molecular formula is C16H25N3. The van der Waals surface area contributed by atoms with Crippen LogP contribution < -0.4 is 5.73 Å². The van der Waals surface area contributed by atoms with Crippen LogP contribution in [0.1, 0.15) is 56.3 Å². The molecule has 1 aromatic rings. The minimum Gasteiger partial charge on any atom is -0.326 e. The van der Waals surface area contributed by atoms with Crippen molar-refractivity contribution in [2.24, 2.45) is 29.4 Å². The largest absolute Gasteiger partial charge is 0.326 e. The van der Waals surface area contributed by atoms with Crippen LogP contribution in [-0.2, 0) is 13.0 Å². The van der Waals surface area contributed by atoms with E-state index in [9.17, 15) is 0 Å². The average Bonchev–Trinajstić information content (AvgIpc) is 2.80. The van der Waals surface area contributed by atoms with Gasteiger partial charge in [-0.2, -0.15) is 5.10 Å². The van der Waals surface area contributed by atoms with Crippen molar-refractivity contribution in [3.8, 4) is 0 Å². The molecule has 5 rings (SSSR count). The molecule has 0 aromatic carbocycles. The predicted octanol–water partition coefficient (Wildman–Crippen LogP) is 2.90. The van der Waals surface area contributed by atoms with Gasteiger partial charge in [-0.3, -0.25) is 4.68 Å². The fourth-order valence-electron chi connectivity index (χ4n) is 5.54. The highest BCUT2D eigenvalue weighted by atomic mass is 15.3. The number of rotatable bonds is 3. The van der Waals surface area contributed by atoms with Gasteiger partial charge in [0.1, 0.15) is 0 Å². The van der Waals surface area contributed by atoms with E-state index >= 15 is 0 Å². The lowest BCUT2D eigenvalue weighted by molar-refractivity contribution is -0.0346. The van der Waals surface area contributed by atoms with Crippen molar-refractivity contribution in [2.45, 2.75) is 58.0 Å². The van der Waals surface area contributed by atoms with Crippen molar-refractivity contribution in [3.05, 3.63) is 17.5 Å². The monoisotopic (exact) mass is 259 g/mol. The van der Waals surface area contributed by atoms with Crippen molar-refractivity contribution in [3.63, 3.8) is 0 Å². The molecule has 4 fully saturated rings. The fourth-order valence-corrected chi connectivity index (χ4v) is 5.54. The molecule has 4 saturated carbocycles. The first kappa shape index (κ1) is 12.0. The second-order valence-electron chi connectivity index (χ2n) is 7.04. The normalized spacial score (nSPS) is 40.0. The molecule has 0 amide bonds. The standard InChI is InChI=1S/C16H25N3/c1-2-15-14(8-17)9-18-19(15)16-12-4-10-3-11(6-12)7-13(16)5-10/h9-13,16H,2-8,17H2,1H3. The van der Waals surface area contributed by atoms with Crippen molar-refractivity contribution in [1.82, 2.24) is 9.78 Å². The van der Waals surface area contributed by atoms with Gasteiger partial charge < -0.3 is 5.73 Å². The van der Waals surface area contributed by atoms with Gasteiger partial charge in [0.25, 0.3) is 0 Å². The first-order valence-corrected chi connectivity index (χ1v) is 8.05. The molecule has 19 heavy (non-hydrogen) atoms. The minimum atomic E-state index is 0.635. The van der Waals surface area contributed by atoms with Crippen molar-refractivity contribution < 1.29 is 0 Å². The van der Waals surface area contributed by atoms with E-state index < -0.39 is 0 Å². The molecule has 2 N–H and O–H groups in total.